The molecule has 0 saturated heterocycles. The van der Waals surface area contributed by atoms with Gasteiger partial charge in [-0.3, -0.25) is 14.4 Å². The van der Waals surface area contributed by atoms with Crippen LogP contribution in [0.3, 0.4) is 0 Å². The first-order valence-corrected chi connectivity index (χ1v) is 12.2. The Hall–Kier alpha value is -2.96. The standard InChI is InChI=1S/C16H9ClIN5O4S.C3H7NO/c1-28(26,27)16-20-6-10(17)12(22-16)13(24)9(5-19)14-21-11-3-2-7(18)4-8(11)15(25)23-14;1-4(2)3-5/h2-4,6,9H,1H3,(H,21,23,25);3H,1-2H3. The van der Waals surface area contributed by atoms with Crippen LogP contribution in [0.2, 0.25) is 5.02 Å². The van der Waals surface area contributed by atoms with Crippen molar-refractivity contribution >= 4 is 67.1 Å². The van der Waals surface area contributed by atoms with Crippen molar-refractivity contribution in [1.29, 1.82) is 5.26 Å². The Kier molecular flexibility index (Phi) is 8.58. The maximum Gasteiger partial charge on any atom is 0.258 e. The van der Waals surface area contributed by atoms with Crippen LogP contribution in [0.4, 0.5) is 0 Å². The van der Waals surface area contributed by atoms with E-state index in [1.165, 1.54) is 4.90 Å². The lowest BCUT2D eigenvalue weighted by Gasteiger charge is -2.10. The van der Waals surface area contributed by atoms with E-state index < -0.39 is 37.9 Å². The molecule has 1 unspecified atom stereocenters. The number of carbonyl (C=O) groups is 2. The predicted molar refractivity (Wildman–Crippen MR) is 128 cm³/mol. The summed E-state index contributed by atoms with van der Waals surface area (Å²) in [5, 5.41) is 8.97. The monoisotopic (exact) mass is 602 g/mol. The number of Topliss-reactive ketones (excluding diaryl/α,β-unsaturated/α-hetero) is 1. The number of rotatable bonds is 5. The van der Waals surface area contributed by atoms with Gasteiger partial charge in [-0.2, -0.15) is 5.26 Å². The number of aromatic nitrogens is 4. The number of fused-ring (bicyclic) bond motifs is 1. The summed E-state index contributed by atoms with van der Waals surface area (Å²) >= 11 is 7.97. The molecule has 0 radical (unpaired) electrons. The number of nitrogens with zero attached hydrogens (tertiary/aromatic N) is 5. The fraction of sp³-hybridized carbons (Fsp3) is 0.211. The zero-order valence-corrected chi connectivity index (χ0v) is 21.1. The van der Waals surface area contributed by atoms with Crippen LogP contribution in [-0.4, -0.2) is 65.8 Å². The maximum absolute atomic E-state index is 12.8. The Balaban J connectivity index is 0.000000696. The predicted octanol–water partition coefficient (Wildman–Crippen LogP) is 1.57. The highest BCUT2D eigenvalue weighted by molar-refractivity contribution is 14.1. The van der Waals surface area contributed by atoms with Crippen LogP contribution >= 0.6 is 34.2 Å². The second-order valence-electron chi connectivity index (χ2n) is 6.73. The summed E-state index contributed by atoms with van der Waals surface area (Å²) in [6.45, 7) is 0. The molecule has 172 valence electrons. The fourth-order valence-electron chi connectivity index (χ4n) is 2.35. The summed E-state index contributed by atoms with van der Waals surface area (Å²) in [7, 11) is -0.427. The van der Waals surface area contributed by atoms with Crippen LogP contribution in [0.1, 0.15) is 22.2 Å². The van der Waals surface area contributed by atoms with Crippen LogP contribution in [0.25, 0.3) is 10.9 Å². The van der Waals surface area contributed by atoms with E-state index in [2.05, 4.69) is 19.9 Å². The van der Waals surface area contributed by atoms with E-state index in [9.17, 15) is 28.1 Å². The number of H-pyrrole nitrogens is 1. The number of amides is 1. The molecule has 1 amide bonds. The molecule has 33 heavy (non-hydrogen) atoms. The summed E-state index contributed by atoms with van der Waals surface area (Å²) in [6.07, 6.45) is 2.58. The van der Waals surface area contributed by atoms with E-state index >= 15 is 0 Å². The molecule has 0 spiro atoms. The van der Waals surface area contributed by atoms with Crippen LogP contribution < -0.4 is 5.56 Å². The first kappa shape index (κ1) is 26.3. The Labute approximate surface area is 206 Å². The van der Waals surface area contributed by atoms with Crippen LogP contribution in [0, 0.1) is 14.9 Å². The molecule has 2 aromatic heterocycles. The van der Waals surface area contributed by atoms with E-state index in [0.29, 0.717) is 10.9 Å². The van der Waals surface area contributed by atoms with Crippen molar-refractivity contribution in [2.45, 2.75) is 11.1 Å². The molecule has 1 aromatic carbocycles. The number of hydrogen-bond donors (Lipinski definition) is 1. The third kappa shape index (κ3) is 6.53. The van der Waals surface area contributed by atoms with Gasteiger partial charge in [-0.15, -0.1) is 0 Å². The van der Waals surface area contributed by atoms with Gasteiger partial charge in [0.1, 0.15) is 11.5 Å². The zero-order valence-electron chi connectivity index (χ0n) is 17.4. The molecular formula is C19H16ClIN6O5S. The van der Waals surface area contributed by atoms with E-state index in [1.54, 1.807) is 38.4 Å². The SMILES string of the molecule is CN(C)C=O.CS(=O)(=O)c1ncc(Cl)c(C(=O)C(C#N)c2nc3ccc(I)cc3c(=O)[nH]2)n1. The Bertz CT molecular complexity index is 1430. The molecule has 0 bridgehead atoms. The second-order valence-corrected chi connectivity index (χ2v) is 10.3. The Morgan fingerprint density at radius 2 is 1.97 bits per heavy atom. The molecule has 0 fully saturated rings. The van der Waals surface area contributed by atoms with Gasteiger partial charge in [0.2, 0.25) is 27.2 Å². The lowest BCUT2D eigenvalue weighted by Crippen LogP contribution is -2.21. The fourth-order valence-corrected chi connectivity index (χ4v) is 3.53. The van der Waals surface area contributed by atoms with Crippen molar-refractivity contribution in [2.75, 3.05) is 20.4 Å². The van der Waals surface area contributed by atoms with Crippen molar-refractivity contribution in [3.05, 3.63) is 54.9 Å². The van der Waals surface area contributed by atoms with Gasteiger partial charge < -0.3 is 9.88 Å². The minimum absolute atomic E-state index is 0.193. The molecule has 1 N–H and O–H groups in total. The van der Waals surface area contributed by atoms with Gasteiger partial charge >= 0.3 is 0 Å². The molecule has 0 aliphatic rings. The summed E-state index contributed by atoms with van der Waals surface area (Å²) in [4.78, 5) is 49.9. The molecule has 14 heteroatoms. The second kappa shape index (κ2) is 10.8. The normalized spacial score (nSPS) is 11.6. The smallest absolute Gasteiger partial charge is 0.258 e. The third-order valence-electron chi connectivity index (χ3n) is 3.85. The number of ketones is 1. The number of nitrogens with one attached hydrogen (secondary N) is 1. The van der Waals surface area contributed by atoms with Crippen LogP contribution in [0.15, 0.2) is 34.3 Å². The quantitative estimate of drug-likeness (QED) is 0.197. The number of nitriles is 1. The number of benzene rings is 1. The minimum Gasteiger partial charge on any atom is -0.351 e. The summed E-state index contributed by atoms with van der Waals surface area (Å²) in [6, 6.07) is 6.69. The van der Waals surface area contributed by atoms with Gasteiger partial charge in [-0.05, 0) is 40.8 Å². The zero-order chi connectivity index (χ0) is 24.9. The van der Waals surface area contributed by atoms with E-state index in [-0.39, 0.29) is 10.8 Å². The highest BCUT2D eigenvalue weighted by atomic mass is 127. The van der Waals surface area contributed by atoms with Gasteiger partial charge in [0.15, 0.2) is 5.92 Å². The average molecular weight is 603 g/mol. The largest absolute Gasteiger partial charge is 0.351 e. The van der Waals surface area contributed by atoms with Crippen molar-refractivity contribution in [2.24, 2.45) is 0 Å². The molecule has 0 aliphatic heterocycles. The summed E-state index contributed by atoms with van der Waals surface area (Å²) in [5.41, 5.74) is -0.663. The Morgan fingerprint density at radius 3 is 2.52 bits per heavy atom. The van der Waals surface area contributed by atoms with Crippen molar-refractivity contribution in [3.8, 4) is 6.07 Å². The summed E-state index contributed by atoms with van der Waals surface area (Å²) in [5.74, 6) is -2.65. The molecule has 1 atom stereocenters. The van der Waals surface area contributed by atoms with Crippen LogP contribution in [-0.2, 0) is 14.6 Å². The molecular weight excluding hydrogens is 587 g/mol. The third-order valence-corrected chi connectivity index (χ3v) is 5.66. The molecule has 0 aliphatic carbocycles. The molecule has 11 nitrogen and oxygen atoms in total. The van der Waals surface area contributed by atoms with Gasteiger partial charge in [-0.25, -0.2) is 23.4 Å². The van der Waals surface area contributed by atoms with Crippen LogP contribution in [0.5, 0.6) is 0 Å². The van der Waals surface area contributed by atoms with Crippen molar-refractivity contribution in [1.82, 2.24) is 24.8 Å². The Morgan fingerprint density at radius 1 is 1.33 bits per heavy atom. The van der Waals surface area contributed by atoms with Crippen molar-refractivity contribution < 1.29 is 18.0 Å². The van der Waals surface area contributed by atoms with Gasteiger partial charge in [0.25, 0.3) is 5.56 Å². The number of aromatic amines is 1. The number of carbonyl (C=O) groups excluding carboxylic acids is 2. The number of halogens is 2. The van der Waals surface area contributed by atoms with Gasteiger partial charge in [0, 0.05) is 23.9 Å². The van der Waals surface area contributed by atoms with E-state index in [4.69, 9.17) is 11.6 Å². The molecule has 3 aromatic rings. The molecule has 3 rings (SSSR count). The molecule has 2 heterocycles. The van der Waals surface area contributed by atoms with E-state index in [0.717, 1.165) is 22.4 Å². The van der Waals surface area contributed by atoms with E-state index in [1.807, 2.05) is 22.6 Å². The lowest BCUT2D eigenvalue weighted by atomic mass is 10.0. The first-order valence-electron chi connectivity index (χ1n) is 8.86. The highest BCUT2D eigenvalue weighted by Gasteiger charge is 2.29. The minimum atomic E-state index is -3.80. The topological polar surface area (TPSA) is 167 Å². The van der Waals surface area contributed by atoms with Gasteiger partial charge in [-0.1, -0.05) is 11.6 Å². The maximum atomic E-state index is 12.8. The average Bonchev–Trinajstić information content (AvgIpc) is 2.74. The lowest BCUT2D eigenvalue weighted by molar-refractivity contribution is -0.115. The van der Waals surface area contributed by atoms with Crippen molar-refractivity contribution in [3.63, 3.8) is 0 Å². The number of hydrogen-bond acceptors (Lipinski definition) is 9. The highest BCUT2D eigenvalue weighted by Crippen LogP contribution is 2.23. The summed E-state index contributed by atoms with van der Waals surface area (Å²) < 4.78 is 24.1. The molecule has 0 saturated carbocycles. The first-order chi connectivity index (χ1) is 15.4. The number of sulfone groups is 1. The van der Waals surface area contributed by atoms with Gasteiger partial charge in [0.05, 0.1) is 28.2 Å².